The van der Waals surface area contributed by atoms with Crippen molar-refractivity contribution >= 4 is 11.5 Å². The fourth-order valence-electron chi connectivity index (χ4n) is 4.58. The van der Waals surface area contributed by atoms with Crippen LogP contribution in [0.4, 0.5) is 5.82 Å². The smallest absolute Gasteiger partial charge is 0.199 e. The molecule has 0 spiro atoms. The van der Waals surface area contributed by atoms with Gasteiger partial charge in [-0.3, -0.25) is 4.98 Å². The van der Waals surface area contributed by atoms with Crippen LogP contribution in [-0.2, 0) is 0 Å². The average Bonchev–Trinajstić information content (AvgIpc) is 3.05. The molecule has 2 aliphatic carbocycles. The first-order valence-electron chi connectivity index (χ1n) is 7.29. The van der Waals surface area contributed by atoms with E-state index in [4.69, 9.17) is 0 Å². The van der Waals surface area contributed by atoms with E-state index >= 15 is 0 Å². The molecule has 2 aromatic rings. The van der Waals surface area contributed by atoms with Crippen molar-refractivity contribution in [1.29, 1.82) is 0 Å². The number of tetrazole rings is 1. The van der Waals surface area contributed by atoms with E-state index < -0.39 is 0 Å². The summed E-state index contributed by atoms with van der Waals surface area (Å²) in [7, 11) is 0. The van der Waals surface area contributed by atoms with Gasteiger partial charge in [-0.2, -0.15) is 4.52 Å². The lowest BCUT2D eigenvalue weighted by molar-refractivity contribution is 0.155. The monoisotopic (exact) mass is 272 g/mol. The van der Waals surface area contributed by atoms with Crippen LogP contribution in [0.25, 0.3) is 5.65 Å². The van der Waals surface area contributed by atoms with Gasteiger partial charge in [0, 0.05) is 6.04 Å². The van der Waals surface area contributed by atoms with Gasteiger partial charge in [0.1, 0.15) is 0 Å². The first kappa shape index (κ1) is 12.1. The van der Waals surface area contributed by atoms with Gasteiger partial charge in [0.2, 0.25) is 0 Å². The maximum absolute atomic E-state index is 4.23. The van der Waals surface area contributed by atoms with Crippen LogP contribution in [0.15, 0.2) is 12.4 Å². The van der Waals surface area contributed by atoms with Gasteiger partial charge in [-0.15, -0.1) is 5.10 Å². The summed E-state index contributed by atoms with van der Waals surface area (Å²) in [6.45, 7) is 7.17. The molecule has 0 aliphatic heterocycles. The molecule has 0 amide bonds. The summed E-state index contributed by atoms with van der Waals surface area (Å²) >= 11 is 0. The Labute approximate surface area is 118 Å². The van der Waals surface area contributed by atoms with Gasteiger partial charge < -0.3 is 5.32 Å². The molecule has 0 saturated heterocycles. The molecule has 2 bridgehead atoms. The molecular formula is C14H20N6. The van der Waals surface area contributed by atoms with Crippen LogP contribution in [0.5, 0.6) is 0 Å². The molecule has 106 valence electrons. The molecule has 3 atom stereocenters. The largest absolute Gasteiger partial charge is 0.365 e. The summed E-state index contributed by atoms with van der Waals surface area (Å²) in [4.78, 5) is 4.23. The predicted octanol–water partition coefficient (Wildman–Crippen LogP) is 2.15. The summed E-state index contributed by atoms with van der Waals surface area (Å²) in [5.41, 5.74) is 1.34. The standard InChI is InChI=1S/C14H20N6/c1-13(2)9-4-5-14(3,6-9)12(13)16-10-7-15-8-11-17-18-19-20(10)11/h7-9,12,16H,4-6H2,1-3H3. The van der Waals surface area contributed by atoms with Crippen molar-refractivity contribution in [2.45, 2.75) is 46.1 Å². The molecule has 2 saturated carbocycles. The van der Waals surface area contributed by atoms with Crippen LogP contribution < -0.4 is 5.32 Å². The third-order valence-corrected chi connectivity index (χ3v) is 5.67. The second-order valence-corrected chi connectivity index (χ2v) is 7.23. The van der Waals surface area contributed by atoms with E-state index in [1.807, 2.05) is 6.20 Å². The fourth-order valence-corrected chi connectivity index (χ4v) is 4.58. The molecule has 4 rings (SSSR count). The zero-order valence-corrected chi connectivity index (χ0v) is 12.2. The van der Waals surface area contributed by atoms with Crippen LogP contribution in [0.3, 0.4) is 0 Å². The van der Waals surface area contributed by atoms with E-state index in [0.717, 1.165) is 11.7 Å². The Morgan fingerprint density at radius 2 is 2.15 bits per heavy atom. The minimum atomic E-state index is 0.295. The Morgan fingerprint density at radius 1 is 1.30 bits per heavy atom. The Morgan fingerprint density at radius 3 is 2.90 bits per heavy atom. The van der Waals surface area contributed by atoms with Crippen molar-refractivity contribution in [2.24, 2.45) is 16.7 Å². The number of anilines is 1. The molecular weight excluding hydrogens is 252 g/mol. The lowest BCUT2D eigenvalue weighted by Crippen LogP contribution is -2.46. The highest BCUT2D eigenvalue weighted by Crippen LogP contribution is 2.63. The van der Waals surface area contributed by atoms with Gasteiger partial charge in [-0.1, -0.05) is 20.8 Å². The lowest BCUT2D eigenvalue weighted by Gasteiger charge is -2.43. The maximum Gasteiger partial charge on any atom is 0.199 e. The molecule has 0 aromatic carbocycles. The number of hydrogen-bond donors (Lipinski definition) is 1. The number of hydrogen-bond acceptors (Lipinski definition) is 5. The van der Waals surface area contributed by atoms with Crippen molar-refractivity contribution in [3.8, 4) is 0 Å². The molecule has 3 unspecified atom stereocenters. The van der Waals surface area contributed by atoms with Crippen molar-refractivity contribution < 1.29 is 0 Å². The molecule has 6 nitrogen and oxygen atoms in total. The van der Waals surface area contributed by atoms with Crippen molar-refractivity contribution in [3.63, 3.8) is 0 Å². The van der Waals surface area contributed by atoms with Gasteiger partial charge >= 0.3 is 0 Å². The Kier molecular flexibility index (Phi) is 2.22. The van der Waals surface area contributed by atoms with E-state index in [9.17, 15) is 0 Å². The molecule has 0 radical (unpaired) electrons. The predicted molar refractivity (Wildman–Crippen MR) is 75.2 cm³/mol. The summed E-state index contributed by atoms with van der Waals surface area (Å²) < 4.78 is 1.73. The first-order chi connectivity index (χ1) is 9.51. The third kappa shape index (κ3) is 1.45. The van der Waals surface area contributed by atoms with Gasteiger partial charge in [-0.05, 0) is 46.4 Å². The zero-order valence-electron chi connectivity index (χ0n) is 12.2. The van der Waals surface area contributed by atoms with Crippen LogP contribution in [-0.4, -0.2) is 31.1 Å². The molecule has 20 heavy (non-hydrogen) atoms. The van der Waals surface area contributed by atoms with Crippen LogP contribution in [0, 0.1) is 16.7 Å². The lowest BCUT2D eigenvalue weighted by atomic mass is 9.68. The minimum Gasteiger partial charge on any atom is -0.365 e. The van der Waals surface area contributed by atoms with Gasteiger partial charge in [0.25, 0.3) is 0 Å². The van der Waals surface area contributed by atoms with E-state index in [1.54, 1.807) is 10.7 Å². The second kappa shape index (κ2) is 3.68. The molecule has 2 aliphatic rings. The number of aromatic nitrogens is 5. The Bertz CT molecular complexity index is 658. The Balaban J connectivity index is 1.74. The molecule has 1 N–H and O–H groups in total. The Hall–Kier alpha value is -1.72. The number of fused-ring (bicyclic) bond motifs is 3. The highest BCUT2D eigenvalue weighted by Gasteiger charge is 2.59. The quantitative estimate of drug-likeness (QED) is 0.907. The number of rotatable bonds is 2. The highest BCUT2D eigenvalue weighted by atomic mass is 15.5. The van der Waals surface area contributed by atoms with Crippen LogP contribution in [0.2, 0.25) is 0 Å². The molecule has 2 heterocycles. The first-order valence-corrected chi connectivity index (χ1v) is 7.29. The second-order valence-electron chi connectivity index (χ2n) is 7.23. The van der Waals surface area contributed by atoms with Crippen molar-refractivity contribution in [1.82, 2.24) is 25.0 Å². The highest BCUT2D eigenvalue weighted by molar-refractivity contribution is 5.45. The molecule has 6 heteroatoms. The topological polar surface area (TPSA) is 68.0 Å². The van der Waals surface area contributed by atoms with Gasteiger partial charge in [-0.25, -0.2) is 0 Å². The van der Waals surface area contributed by atoms with E-state index in [-0.39, 0.29) is 0 Å². The summed E-state index contributed by atoms with van der Waals surface area (Å²) in [5, 5.41) is 15.4. The normalized spacial score (nSPS) is 34.8. The number of nitrogens with zero attached hydrogens (tertiary/aromatic N) is 5. The summed E-state index contributed by atoms with van der Waals surface area (Å²) in [5.74, 6) is 1.70. The van der Waals surface area contributed by atoms with E-state index in [0.29, 0.717) is 22.5 Å². The summed E-state index contributed by atoms with van der Waals surface area (Å²) in [6, 6.07) is 0.436. The van der Waals surface area contributed by atoms with Crippen molar-refractivity contribution in [2.75, 3.05) is 5.32 Å². The van der Waals surface area contributed by atoms with Gasteiger partial charge in [0.05, 0.1) is 12.4 Å². The van der Waals surface area contributed by atoms with Crippen molar-refractivity contribution in [3.05, 3.63) is 12.4 Å². The van der Waals surface area contributed by atoms with Crippen LogP contribution in [0.1, 0.15) is 40.0 Å². The zero-order chi connectivity index (χ0) is 14.0. The number of nitrogens with one attached hydrogen (secondary N) is 1. The minimum absolute atomic E-state index is 0.295. The average molecular weight is 272 g/mol. The molecule has 2 fully saturated rings. The fraction of sp³-hybridized carbons (Fsp3) is 0.714. The van der Waals surface area contributed by atoms with Crippen LogP contribution >= 0.6 is 0 Å². The van der Waals surface area contributed by atoms with Gasteiger partial charge in [0.15, 0.2) is 11.5 Å². The summed E-state index contributed by atoms with van der Waals surface area (Å²) in [6.07, 6.45) is 7.47. The van der Waals surface area contributed by atoms with E-state index in [2.05, 4.69) is 46.6 Å². The SMILES string of the molecule is CC12CCC(C1)C(C)(C)C2Nc1cncc2nnnn12. The van der Waals surface area contributed by atoms with E-state index in [1.165, 1.54) is 19.3 Å². The maximum atomic E-state index is 4.23. The third-order valence-electron chi connectivity index (χ3n) is 5.67. The molecule has 2 aromatic heterocycles.